The summed E-state index contributed by atoms with van der Waals surface area (Å²) in [6.45, 7) is 0.611. The molecule has 0 saturated heterocycles. The van der Waals surface area contributed by atoms with Gasteiger partial charge in [-0.2, -0.15) is 0 Å². The third kappa shape index (κ3) is 2.21. The Balaban J connectivity index is 1.68. The van der Waals surface area contributed by atoms with Gasteiger partial charge < -0.3 is 4.74 Å². The highest BCUT2D eigenvalue weighted by Gasteiger charge is 2.21. The van der Waals surface area contributed by atoms with Crippen molar-refractivity contribution in [1.29, 1.82) is 0 Å². The summed E-state index contributed by atoms with van der Waals surface area (Å²) < 4.78 is 6.09. The van der Waals surface area contributed by atoms with Crippen LogP contribution in [0.25, 0.3) is 11.1 Å². The van der Waals surface area contributed by atoms with Gasteiger partial charge in [-0.15, -0.1) is 0 Å². The van der Waals surface area contributed by atoms with Gasteiger partial charge in [0.25, 0.3) is 0 Å². The Labute approximate surface area is 124 Å². The average molecular weight is 272 g/mol. The summed E-state index contributed by atoms with van der Waals surface area (Å²) in [6, 6.07) is 25.3. The SMILES string of the molecule is c1ccc(COc2cccc3c2-c2ccccc2C3)cc1. The van der Waals surface area contributed by atoms with Crippen molar-refractivity contribution in [3.63, 3.8) is 0 Å². The smallest absolute Gasteiger partial charge is 0.127 e. The van der Waals surface area contributed by atoms with Crippen molar-refractivity contribution in [2.24, 2.45) is 0 Å². The van der Waals surface area contributed by atoms with Gasteiger partial charge in [0, 0.05) is 5.56 Å². The van der Waals surface area contributed by atoms with Gasteiger partial charge in [-0.25, -0.2) is 0 Å². The van der Waals surface area contributed by atoms with Crippen molar-refractivity contribution < 1.29 is 4.74 Å². The fraction of sp³-hybridized carbons (Fsp3) is 0.100. The van der Waals surface area contributed by atoms with Gasteiger partial charge in [0.15, 0.2) is 0 Å². The monoisotopic (exact) mass is 272 g/mol. The van der Waals surface area contributed by atoms with E-state index in [2.05, 4.69) is 54.6 Å². The zero-order valence-electron chi connectivity index (χ0n) is 11.8. The molecule has 1 aliphatic rings. The Hall–Kier alpha value is -2.54. The summed E-state index contributed by atoms with van der Waals surface area (Å²) in [6.07, 6.45) is 1.01. The van der Waals surface area contributed by atoms with E-state index in [0.717, 1.165) is 12.2 Å². The predicted octanol–water partition coefficient (Wildman–Crippen LogP) is 4.84. The van der Waals surface area contributed by atoms with Gasteiger partial charge in [-0.05, 0) is 34.7 Å². The molecular weight excluding hydrogens is 256 g/mol. The first-order valence-corrected chi connectivity index (χ1v) is 7.29. The minimum atomic E-state index is 0.611. The van der Waals surface area contributed by atoms with Crippen LogP contribution >= 0.6 is 0 Å². The van der Waals surface area contributed by atoms with E-state index < -0.39 is 0 Å². The molecule has 3 aromatic carbocycles. The number of hydrogen-bond acceptors (Lipinski definition) is 1. The maximum Gasteiger partial charge on any atom is 0.127 e. The maximum atomic E-state index is 6.09. The highest BCUT2D eigenvalue weighted by molar-refractivity contribution is 5.81. The minimum Gasteiger partial charge on any atom is -0.488 e. The molecule has 0 unspecified atom stereocenters. The Kier molecular flexibility index (Phi) is 2.97. The van der Waals surface area contributed by atoms with E-state index in [9.17, 15) is 0 Å². The highest BCUT2D eigenvalue weighted by atomic mass is 16.5. The Bertz CT molecular complexity index is 775. The predicted molar refractivity (Wildman–Crippen MR) is 85.5 cm³/mol. The molecule has 1 aliphatic carbocycles. The molecule has 0 atom stereocenters. The largest absolute Gasteiger partial charge is 0.488 e. The van der Waals surface area contributed by atoms with E-state index in [4.69, 9.17) is 4.74 Å². The van der Waals surface area contributed by atoms with Gasteiger partial charge in [-0.3, -0.25) is 0 Å². The van der Waals surface area contributed by atoms with Gasteiger partial charge in [0.1, 0.15) is 12.4 Å². The van der Waals surface area contributed by atoms with Gasteiger partial charge >= 0.3 is 0 Å². The van der Waals surface area contributed by atoms with E-state index >= 15 is 0 Å². The lowest BCUT2D eigenvalue weighted by atomic mass is 10.0. The van der Waals surface area contributed by atoms with Crippen LogP contribution in [-0.2, 0) is 13.0 Å². The molecule has 0 bridgehead atoms. The van der Waals surface area contributed by atoms with Crippen LogP contribution < -0.4 is 4.74 Å². The number of fused-ring (bicyclic) bond motifs is 3. The molecule has 102 valence electrons. The molecule has 0 saturated carbocycles. The van der Waals surface area contributed by atoms with Crippen molar-refractivity contribution in [3.05, 3.63) is 89.5 Å². The zero-order valence-corrected chi connectivity index (χ0v) is 11.8. The lowest BCUT2D eigenvalue weighted by Crippen LogP contribution is -1.97. The van der Waals surface area contributed by atoms with E-state index in [-0.39, 0.29) is 0 Å². The topological polar surface area (TPSA) is 9.23 Å². The summed E-state index contributed by atoms with van der Waals surface area (Å²) in [4.78, 5) is 0. The van der Waals surface area contributed by atoms with Gasteiger partial charge in [0.2, 0.25) is 0 Å². The van der Waals surface area contributed by atoms with E-state index in [1.165, 1.54) is 27.8 Å². The molecule has 0 amide bonds. The first-order chi connectivity index (χ1) is 10.4. The van der Waals surface area contributed by atoms with Crippen molar-refractivity contribution in [1.82, 2.24) is 0 Å². The first kappa shape index (κ1) is 12.2. The number of hydrogen-bond donors (Lipinski definition) is 0. The van der Waals surface area contributed by atoms with Crippen LogP contribution in [0.4, 0.5) is 0 Å². The molecule has 1 nitrogen and oxygen atoms in total. The standard InChI is InChI=1S/C20H16O/c1-2-7-15(8-3-1)14-21-19-12-6-10-17-13-16-9-4-5-11-18(16)20(17)19/h1-12H,13-14H2. The zero-order chi connectivity index (χ0) is 14.1. The van der Waals surface area contributed by atoms with Crippen LogP contribution in [0.1, 0.15) is 16.7 Å². The Morgan fingerprint density at radius 1 is 0.714 bits per heavy atom. The molecule has 0 spiro atoms. The fourth-order valence-electron chi connectivity index (χ4n) is 3.01. The van der Waals surface area contributed by atoms with E-state index in [1.807, 2.05) is 18.2 Å². The van der Waals surface area contributed by atoms with Crippen LogP contribution in [0, 0.1) is 0 Å². The molecule has 0 fully saturated rings. The van der Waals surface area contributed by atoms with Crippen molar-refractivity contribution in [2.75, 3.05) is 0 Å². The second-order valence-corrected chi connectivity index (χ2v) is 5.40. The van der Waals surface area contributed by atoms with E-state index in [0.29, 0.717) is 6.61 Å². The second kappa shape index (κ2) is 5.10. The molecule has 21 heavy (non-hydrogen) atoms. The lowest BCUT2D eigenvalue weighted by Gasteiger charge is -2.11. The van der Waals surface area contributed by atoms with Crippen LogP contribution in [0.3, 0.4) is 0 Å². The number of ether oxygens (including phenoxy) is 1. The molecule has 3 aromatic rings. The fourth-order valence-corrected chi connectivity index (χ4v) is 3.01. The molecule has 0 N–H and O–H groups in total. The van der Waals surface area contributed by atoms with Gasteiger partial charge in [-0.1, -0.05) is 66.7 Å². The highest BCUT2D eigenvalue weighted by Crippen LogP contribution is 2.42. The summed E-state index contributed by atoms with van der Waals surface area (Å²) in [5, 5.41) is 0. The quantitative estimate of drug-likeness (QED) is 0.518. The van der Waals surface area contributed by atoms with Crippen LogP contribution in [0.2, 0.25) is 0 Å². The average Bonchev–Trinajstić information content (AvgIpc) is 2.93. The van der Waals surface area contributed by atoms with Gasteiger partial charge in [0.05, 0.1) is 0 Å². The first-order valence-electron chi connectivity index (χ1n) is 7.29. The Morgan fingerprint density at radius 3 is 2.38 bits per heavy atom. The van der Waals surface area contributed by atoms with Crippen molar-refractivity contribution in [3.8, 4) is 16.9 Å². The number of rotatable bonds is 3. The minimum absolute atomic E-state index is 0.611. The number of benzene rings is 3. The maximum absolute atomic E-state index is 6.09. The molecule has 0 aliphatic heterocycles. The Morgan fingerprint density at radius 2 is 1.48 bits per heavy atom. The molecule has 0 heterocycles. The molecule has 0 aromatic heterocycles. The molecule has 1 heteroatoms. The van der Waals surface area contributed by atoms with Crippen LogP contribution in [0.5, 0.6) is 5.75 Å². The van der Waals surface area contributed by atoms with Crippen molar-refractivity contribution >= 4 is 0 Å². The third-order valence-corrected chi connectivity index (χ3v) is 4.02. The van der Waals surface area contributed by atoms with Crippen LogP contribution in [0.15, 0.2) is 72.8 Å². The van der Waals surface area contributed by atoms with Crippen LogP contribution in [-0.4, -0.2) is 0 Å². The van der Waals surface area contributed by atoms with E-state index in [1.54, 1.807) is 0 Å². The molecule has 0 radical (unpaired) electrons. The summed E-state index contributed by atoms with van der Waals surface area (Å²) >= 11 is 0. The summed E-state index contributed by atoms with van der Waals surface area (Å²) in [5.41, 5.74) is 6.53. The summed E-state index contributed by atoms with van der Waals surface area (Å²) in [5.74, 6) is 0.987. The second-order valence-electron chi connectivity index (χ2n) is 5.40. The normalized spacial score (nSPS) is 11.8. The van der Waals surface area contributed by atoms with Crippen molar-refractivity contribution in [2.45, 2.75) is 13.0 Å². The summed E-state index contributed by atoms with van der Waals surface area (Å²) in [7, 11) is 0. The molecule has 4 rings (SSSR count). The molecular formula is C20H16O. The lowest BCUT2D eigenvalue weighted by molar-refractivity contribution is 0.307. The third-order valence-electron chi connectivity index (χ3n) is 4.02.